The summed E-state index contributed by atoms with van der Waals surface area (Å²) in [7, 11) is 0. The van der Waals surface area contributed by atoms with Crippen LogP contribution in [0, 0.1) is 0 Å². The van der Waals surface area contributed by atoms with E-state index in [4.69, 9.17) is 10.2 Å². The van der Waals surface area contributed by atoms with Crippen LogP contribution in [-0.2, 0) is 16.0 Å². The molecule has 0 aromatic carbocycles. The molecule has 4 heterocycles. The summed E-state index contributed by atoms with van der Waals surface area (Å²) >= 11 is 0. The summed E-state index contributed by atoms with van der Waals surface area (Å²) in [6.45, 7) is 0. The number of nitrogens with zero attached hydrogens (tertiary/aromatic N) is 4. The Balaban J connectivity index is 1.62. The number of aromatic nitrogens is 4. The normalized spacial score (nSPS) is 11.9. The highest BCUT2D eigenvalue weighted by Crippen LogP contribution is 2.20. The monoisotopic (exact) mass is 404 g/mol. The van der Waals surface area contributed by atoms with Gasteiger partial charge in [-0.15, -0.1) is 0 Å². The van der Waals surface area contributed by atoms with Crippen LogP contribution >= 0.6 is 0 Å². The molecule has 0 spiro atoms. The van der Waals surface area contributed by atoms with Gasteiger partial charge < -0.3 is 15.5 Å². The van der Waals surface area contributed by atoms with Crippen LogP contribution in [0.2, 0.25) is 0 Å². The average molecular weight is 404 g/mol. The van der Waals surface area contributed by atoms with E-state index < -0.39 is 23.6 Å². The van der Waals surface area contributed by atoms with Crippen LogP contribution in [0.5, 0.6) is 0 Å². The number of amides is 2. The third kappa shape index (κ3) is 3.65. The number of hydrogen-bond donors (Lipinski definition) is 2. The number of nitrogens with one attached hydrogen (secondary N) is 1. The number of furan rings is 1. The molecule has 4 aromatic heterocycles. The molecule has 0 aliphatic heterocycles. The van der Waals surface area contributed by atoms with E-state index in [1.54, 1.807) is 42.7 Å². The van der Waals surface area contributed by atoms with Gasteiger partial charge in [-0.05, 0) is 24.3 Å². The van der Waals surface area contributed by atoms with E-state index in [1.165, 1.54) is 23.4 Å². The van der Waals surface area contributed by atoms with E-state index in [2.05, 4.69) is 20.3 Å². The minimum absolute atomic E-state index is 0.00390. The fourth-order valence-electron chi connectivity index (χ4n) is 3.05. The summed E-state index contributed by atoms with van der Waals surface area (Å²) in [5.41, 5.74) is 6.33. The van der Waals surface area contributed by atoms with E-state index in [9.17, 15) is 14.4 Å². The lowest BCUT2D eigenvalue weighted by atomic mass is 10.0. The maximum absolute atomic E-state index is 12.9. The lowest BCUT2D eigenvalue weighted by Crippen LogP contribution is -2.47. The van der Waals surface area contributed by atoms with Gasteiger partial charge >= 0.3 is 0 Å². The SMILES string of the molecule is NC(=O)C(=O)C(Cc1coc2ncccc12)NC(=O)c1cncn1-c1ccccn1. The molecular formula is C20H16N6O4. The smallest absolute Gasteiger partial charge is 0.287 e. The van der Waals surface area contributed by atoms with Crippen LogP contribution in [0.1, 0.15) is 16.1 Å². The first-order valence-corrected chi connectivity index (χ1v) is 8.94. The largest absolute Gasteiger partial charge is 0.446 e. The molecule has 1 unspecified atom stereocenters. The van der Waals surface area contributed by atoms with Crippen molar-refractivity contribution in [1.82, 2.24) is 24.8 Å². The molecular weight excluding hydrogens is 388 g/mol. The fourth-order valence-corrected chi connectivity index (χ4v) is 3.05. The van der Waals surface area contributed by atoms with Crippen LogP contribution in [0.3, 0.4) is 0 Å². The van der Waals surface area contributed by atoms with Gasteiger partial charge in [-0.2, -0.15) is 0 Å². The molecule has 0 radical (unpaired) electrons. The number of Topliss-reactive ketones (excluding diaryl/α,β-unsaturated/α-hetero) is 1. The second kappa shape index (κ2) is 7.95. The molecule has 30 heavy (non-hydrogen) atoms. The number of pyridine rings is 2. The molecule has 0 aliphatic rings. The third-order valence-electron chi connectivity index (χ3n) is 4.49. The minimum atomic E-state index is -1.19. The third-order valence-corrected chi connectivity index (χ3v) is 4.49. The molecule has 0 aliphatic carbocycles. The number of nitrogens with two attached hydrogens (primary N) is 1. The highest BCUT2D eigenvalue weighted by molar-refractivity contribution is 6.38. The number of fused-ring (bicyclic) bond motifs is 1. The van der Waals surface area contributed by atoms with Crippen LogP contribution in [-0.4, -0.2) is 43.2 Å². The van der Waals surface area contributed by atoms with Crippen molar-refractivity contribution >= 4 is 28.7 Å². The summed E-state index contributed by atoms with van der Waals surface area (Å²) in [6.07, 6.45) is 7.36. The van der Waals surface area contributed by atoms with Crippen molar-refractivity contribution in [2.75, 3.05) is 0 Å². The molecule has 10 heteroatoms. The van der Waals surface area contributed by atoms with Crippen molar-refractivity contribution in [2.24, 2.45) is 5.73 Å². The van der Waals surface area contributed by atoms with Crippen molar-refractivity contribution in [3.8, 4) is 5.82 Å². The maximum atomic E-state index is 12.9. The molecule has 3 N–H and O–H groups in total. The van der Waals surface area contributed by atoms with E-state index >= 15 is 0 Å². The van der Waals surface area contributed by atoms with Crippen LogP contribution in [0.4, 0.5) is 0 Å². The van der Waals surface area contributed by atoms with Crippen molar-refractivity contribution in [1.29, 1.82) is 0 Å². The van der Waals surface area contributed by atoms with Crippen molar-refractivity contribution in [3.05, 3.63) is 72.8 Å². The van der Waals surface area contributed by atoms with Crippen molar-refractivity contribution in [3.63, 3.8) is 0 Å². The van der Waals surface area contributed by atoms with E-state index in [0.29, 0.717) is 22.5 Å². The minimum Gasteiger partial charge on any atom is -0.446 e. The predicted octanol–water partition coefficient (Wildman–Crippen LogP) is 0.804. The summed E-state index contributed by atoms with van der Waals surface area (Å²) in [5, 5.41) is 3.25. The molecule has 2 amide bonds. The Morgan fingerprint density at radius 3 is 2.73 bits per heavy atom. The Bertz CT molecular complexity index is 1230. The quantitative estimate of drug-likeness (QED) is 0.433. The van der Waals surface area contributed by atoms with Gasteiger partial charge in [0.05, 0.1) is 12.5 Å². The first-order chi connectivity index (χ1) is 14.5. The van der Waals surface area contributed by atoms with Crippen molar-refractivity contribution < 1.29 is 18.8 Å². The summed E-state index contributed by atoms with van der Waals surface area (Å²) in [4.78, 5) is 49.1. The van der Waals surface area contributed by atoms with Gasteiger partial charge in [0.2, 0.25) is 11.5 Å². The highest BCUT2D eigenvalue weighted by atomic mass is 16.3. The van der Waals surface area contributed by atoms with Crippen LogP contribution in [0.15, 0.2) is 65.9 Å². The molecule has 1 atom stereocenters. The van der Waals surface area contributed by atoms with Gasteiger partial charge in [0, 0.05) is 29.8 Å². The van der Waals surface area contributed by atoms with Gasteiger partial charge in [-0.1, -0.05) is 6.07 Å². The Kier molecular flexibility index (Phi) is 5.04. The Morgan fingerprint density at radius 1 is 1.13 bits per heavy atom. The number of carbonyl (C=O) groups is 3. The number of carbonyl (C=O) groups excluding carboxylic acids is 3. The first-order valence-electron chi connectivity index (χ1n) is 8.94. The lowest BCUT2D eigenvalue weighted by Gasteiger charge is -2.16. The van der Waals surface area contributed by atoms with Gasteiger partial charge in [0.1, 0.15) is 23.9 Å². The number of imidazole rings is 1. The molecule has 4 aromatic rings. The first kappa shape index (κ1) is 19.0. The number of hydrogen-bond acceptors (Lipinski definition) is 7. The summed E-state index contributed by atoms with van der Waals surface area (Å²) in [5.74, 6) is -2.21. The Labute approximate surface area is 169 Å². The van der Waals surface area contributed by atoms with Crippen LogP contribution in [0.25, 0.3) is 16.9 Å². The molecule has 0 saturated carbocycles. The van der Waals surface area contributed by atoms with Gasteiger partial charge in [-0.3, -0.25) is 19.0 Å². The number of primary amides is 1. The van der Waals surface area contributed by atoms with E-state index in [-0.39, 0.29) is 12.1 Å². The summed E-state index contributed by atoms with van der Waals surface area (Å²) < 4.78 is 6.84. The molecule has 0 saturated heterocycles. The Morgan fingerprint density at radius 2 is 1.97 bits per heavy atom. The van der Waals surface area contributed by atoms with Gasteiger partial charge in [0.15, 0.2) is 0 Å². The zero-order chi connectivity index (χ0) is 21.1. The zero-order valence-corrected chi connectivity index (χ0v) is 15.6. The van der Waals surface area contributed by atoms with Crippen molar-refractivity contribution in [2.45, 2.75) is 12.5 Å². The standard InChI is InChI=1S/C20H16N6O4/c21-18(28)17(27)14(8-12-10-30-20-13(12)4-3-7-24-20)25-19(29)15-9-22-11-26(15)16-5-1-2-6-23-16/h1-7,9-11,14H,8H2,(H2,21,28)(H,25,29). The lowest BCUT2D eigenvalue weighted by molar-refractivity contribution is -0.137. The second-order valence-corrected chi connectivity index (χ2v) is 6.41. The molecule has 4 rings (SSSR count). The van der Waals surface area contributed by atoms with Crippen LogP contribution < -0.4 is 11.1 Å². The number of rotatable bonds is 7. The van der Waals surface area contributed by atoms with Gasteiger partial charge in [0.25, 0.3) is 11.8 Å². The van der Waals surface area contributed by atoms with E-state index in [0.717, 1.165) is 0 Å². The fraction of sp³-hybridized carbons (Fsp3) is 0.100. The molecule has 0 bridgehead atoms. The number of ketones is 1. The highest BCUT2D eigenvalue weighted by Gasteiger charge is 2.28. The zero-order valence-electron chi connectivity index (χ0n) is 15.6. The maximum Gasteiger partial charge on any atom is 0.287 e. The topological polar surface area (TPSA) is 146 Å². The molecule has 0 fully saturated rings. The summed E-state index contributed by atoms with van der Waals surface area (Å²) in [6, 6.07) is 7.51. The second-order valence-electron chi connectivity index (χ2n) is 6.41. The van der Waals surface area contributed by atoms with Gasteiger partial charge in [-0.25, -0.2) is 15.0 Å². The average Bonchev–Trinajstić information content (AvgIpc) is 3.41. The Hall–Kier alpha value is -4.34. The molecule has 150 valence electrons. The predicted molar refractivity (Wildman–Crippen MR) is 105 cm³/mol. The molecule has 10 nitrogen and oxygen atoms in total. The van der Waals surface area contributed by atoms with E-state index in [1.807, 2.05) is 0 Å².